The minimum absolute atomic E-state index is 0.0279. The molecular formula is C74H100O18. The van der Waals surface area contributed by atoms with Crippen LogP contribution >= 0.6 is 0 Å². The van der Waals surface area contributed by atoms with E-state index in [-0.39, 0.29) is 46.7 Å². The topological polar surface area (TPSA) is 257 Å². The van der Waals surface area contributed by atoms with Crippen LogP contribution in [0.25, 0.3) is 0 Å². The Bertz CT molecular complexity index is 3200. The summed E-state index contributed by atoms with van der Waals surface area (Å²) in [7, 11) is 0. The third-order valence-electron chi connectivity index (χ3n) is 23.3. The average Bonchev–Trinajstić information content (AvgIpc) is 1.47. The lowest BCUT2D eigenvalue weighted by molar-refractivity contribution is -0.178. The first kappa shape index (κ1) is 68.6. The van der Waals surface area contributed by atoms with E-state index in [9.17, 15) is 49.2 Å². The monoisotopic (exact) mass is 1280 g/mol. The first-order valence-corrected chi connectivity index (χ1v) is 34.1. The number of ether oxygens (including phenoxy) is 8. The zero-order valence-electron chi connectivity index (χ0n) is 55.8. The molecule has 0 spiro atoms. The Morgan fingerprint density at radius 2 is 0.783 bits per heavy atom. The predicted molar refractivity (Wildman–Crippen MR) is 339 cm³/mol. The maximum absolute atomic E-state index is 12.2. The summed E-state index contributed by atoms with van der Waals surface area (Å²) in [5.41, 5.74) is 6.45. The number of hydrogen-bond acceptors (Lipinski definition) is 18. The third-order valence-corrected chi connectivity index (χ3v) is 23.3. The zero-order chi connectivity index (χ0) is 66.3. The molecule has 3 aromatic rings. The van der Waals surface area contributed by atoms with E-state index in [0.717, 1.165) is 133 Å². The molecule has 0 amide bonds. The molecule has 504 valence electrons. The maximum atomic E-state index is 12.2. The normalized spacial score (nSPS) is 36.3. The van der Waals surface area contributed by atoms with Crippen molar-refractivity contribution in [2.24, 2.45) is 51.8 Å². The van der Waals surface area contributed by atoms with Gasteiger partial charge in [0.05, 0.1) is 25.4 Å². The molecule has 9 aliphatic rings. The van der Waals surface area contributed by atoms with E-state index in [1.54, 1.807) is 6.07 Å². The molecular weight excluding hydrogens is 1180 g/mol. The van der Waals surface area contributed by atoms with Crippen LogP contribution in [0.3, 0.4) is 0 Å². The van der Waals surface area contributed by atoms with Gasteiger partial charge in [-0.2, -0.15) is 0 Å². The van der Waals surface area contributed by atoms with Crippen LogP contribution in [0.1, 0.15) is 211 Å². The molecule has 6 unspecified atom stereocenters. The van der Waals surface area contributed by atoms with Gasteiger partial charge < -0.3 is 58.3 Å². The number of phenolic OH excluding ortho intramolecular Hbond substituents is 1. The average molecular weight is 1280 g/mol. The smallest absolute Gasteiger partial charge is 0.303 e. The van der Waals surface area contributed by atoms with Crippen molar-refractivity contribution in [3.8, 4) is 17.2 Å². The maximum Gasteiger partial charge on any atom is 0.303 e. The van der Waals surface area contributed by atoms with E-state index in [2.05, 4.69) is 71.0 Å². The molecule has 0 heterocycles. The number of carbonyl (C=O) groups is 6. The molecule has 18 nitrogen and oxygen atoms in total. The molecule has 21 atom stereocenters. The Balaban J connectivity index is 0.000000153. The van der Waals surface area contributed by atoms with Crippen molar-refractivity contribution in [2.45, 2.75) is 252 Å². The minimum atomic E-state index is -1.01. The van der Waals surface area contributed by atoms with Crippen LogP contribution in [0.15, 0.2) is 54.6 Å². The molecule has 9 aliphatic carbocycles. The molecule has 0 aromatic heterocycles. The zero-order valence-corrected chi connectivity index (χ0v) is 55.8. The molecule has 0 saturated heterocycles. The minimum Gasteiger partial charge on any atom is -0.508 e. The quantitative estimate of drug-likeness (QED) is 0.0664. The van der Waals surface area contributed by atoms with E-state index in [4.69, 9.17) is 37.9 Å². The van der Waals surface area contributed by atoms with Crippen molar-refractivity contribution < 1.29 is 87.1 Å². The van der Waals surface area contributed by atoms with Gasteiger partial charge in [0.1, 0.15) is 47.8 Å². The number of carbonyl (C=O) groups excluding carboxylic acids is 6. The van der Waals surface area contributed by atoms with Crippen LogP contribution in [0.5, 0.6) is 17.2 Å². The number of benzene rings is 3. The molecule has 3 aromatic carbocycles. The number of unbranched alkanes of at least 4 members (excludes halogenated alkanes) is 2. The Labute approximate surface area is 542 Å². The second-order valence-electron chi connectivity index (χ2n) is 28.9. The van der Waals surface area contributed by atoms with Gasteiger partial charge in [0.15, 0.2) is 12.2 Å². The number of esters is 6. The summed E-state index contributed by atoms with van der Waals surface area (Å²) in [5, 5.41) is 41.3. The van der Waals surface area contributed by atoms with Crippen molar-refractivity contribution in [1.82, 2.24) is 0 Å². The van der Waals surface area contributed by atoms with E-state index in [1.165, 1.54) is 69.4 Å². The molecule has 92 heavy (non-hydrogen) atoms. The van der Waals surface area contributed by atoms with Gasteiger partial charge in [0, 0.05) is 69.6 Å². The second kappa shape index (κ2) is 28.0. The highest BCUT2D eigenvalue weighted by atomic mass is 16.6. The summed E-state index contributed by atoms with van der Waals surface area (Å²) < 4.78 is 46.3. The van der Waals surface area contributed by atoms with Crippen molar-refractivity contribution in [3.05, 3.63) is 88.0 Å². The lowest BCUT2D eigenvalue weighted by Crippen LogP contribution is -2.47. The SMILES string of the molecule is CC(=O)O[C@@H]1[C@H](OC(C)=O)[C@H]2C3CCc4cc(O)ccc4C3CC[C@]2(C)[C@H]1OC(C)=O.CCCCOc1ccc2c(c1)CCC1C2CC[C@@]2(C)[C@H]1[C@@H](O)[C@@H](O)[C@@H]2O.CCCCOc1ccc2c(c1)CCC1C2CC[C@@]2(C)[C@H]1[C@@H](OC(C)=O)[C@@H](OC(C)=O)[C@@H]2OC(C)=O. The number of phenols is 1. The van der Waals surface area contributed by atoms with Crippen LogP contribution in [0, 0.1) is 51.8 Å². The van der Waals surface area contributed by atoms with Gasteiger partial charge >= 0.3 is 35.8 Å². The first-order chi connectivity index (χ1) is 43.7. The second-order valence-corrected chi connectivity index (χ2v) is 28.9. The van der Waals surface area contributed by atoms with E-state index < -0.39 is 102 Å². The largest absolute Gasteiger partial charge is 0.508 e. The molecule has 0 radical (unpaired) electrons. The fourth-order valence-electron chi connectivity index (χ4n) is 19.6. The number of rotatable bonds is 14. The van der Waals surface area contributed by atoms with Crippen molar-refractivity contribution in [3.63, 3.8) is 0 Å². The van der Waals surface area contributed by atoms with Crippen LogP contribution < -0.4 is 9.47 Å². The summed E-state index contributed by atoms with van der Waals surface area (Å²) >= 11 is 0. The molecule has 6 saturated carbocycles. The number of aliphatic hydroxyl groups excluding tert-OH is 3. The van der Waals surface area contributed by atoms with E-state index in [1.807, 2.05) is 12.1 Å². The fourth-order valence-corrected chi connectivity index (χ4v) is 19.6. The number of fused-ring (bicyclic) bond motifs is 15. The molecule has 12 rings (SSSR count). The summed E-state index contributed by atoms with van der Waals surface area (Å²) in [6, 6.07) is 18.5. The first-order valence-electron chi connectivity index (χ1n) is 34.1. The van der Waals surface area contributed by atoms with Gasteiger partial charge in [-0.15, -0.1) is 0 Å². The van der Waals surface area contributed by atoms with Crippen LogP contribution in [-0.2, 0) is 76.5 Å². The van der Waals surface area contributed by atoms with Gasteiger partial charge in [-0.05, 0) is 201 Å². The van der Waals surface area contributed by atoms with Crippen LogP contribution in [0.4, 0.5) is 0 Å². The highest BCUT2D eigenvalue weighted by Gasteiger charge is 2.69. The number of aromatic hydroxyl groups is 1. The highest BCUT2D eigenvalue weighted by molar-refractivity contribution is 5.70. The van der Waals surface area contributed by atoms with Crippen LogP contribution in [-0.4, -0.2) is 124 Å². The summed E-state index contributed by atoms with van der Waals surface area (Å²) in [6.45, 7) is 20.1. The number of aliphatic hydroxyl groups is 3. The fraction of sp³-hybridized carbons (Fsp3) is 0.676. The van der Waals surface area contributed by atoms with Gasteiger partial charge in [-0.1, -0.05) is 65.7 Å². The predicted octanol–water partition coefficient (Wildman–Crippen LogP) is 11.0. The standard InChI is InChI=1S/C28H38O7.C24H30O7.C22H32O4/c1-6-7-14-32-20-9-11-21-19(15-20)8-10-23-22(21)12-13-28(5)24(23)25(33-16(2)29)26(34-17(3)30)27(28)35-18(4)31;1-12(25)29-21-20-19-7-5-15-11-16(28)6-8-17(15)18(19)9-10-24(20,4)23(31-14(3)27)22(21)30-13(2)26;1-3-4-11-26-14-6-8-15-13(12-14)5-7-17-16(15)9-10-22(2)18(17)19(23)20(24)21(22)25/h9,11,15,22-27H,6-8,10,12-14H2,1-5H3;6,8,11,18-23,28H,5,7,9-10H2,1-4H3;6,8,12,16-21,23-25H,3-5,7,9-11H2,1-2H3/t22?,23?,24-,25-,26-,27+,28+;18?,19?,20-,21-,22-,23+,24+;16?,17?,18-,19-,20-,21+,22+/m111/s1. The lowest BCUT2D eigenvalue weighted by Gasteiger charge is -2.50. The van der Waals surface area contributed by atoms with E-state index in [0.29, 0.717) is 17.8 Å². The Morgan fingerprint density at radius 3 is 1.16 bits per heavy atom. The third kappa shape index (κ3) is 13.3. The van der Waals surface area contributed by atoms with Crippen molar-refractivity contribution in [1.29, 1.82) is 0 Å². The Hall–Kier alpha value is -6.24. The van der Waals surface area contributed by atoms with E-state index >= 15 is 0 Å². The lowest BCUT2D eigenvalue weighted by atomic mass is 9.55. The summed E-state index contributed by atoms with van der Waals surface area (Å²) in [4.78, 5) is 72.2. The summed E-state index contributed by atoms with van der Waals surface area (Å²) in [5.74, 6) is 0.861. The number of aryl methyl sites for hydroxylation is 3. The van der Waals surface area contributed by atoms with Gasteiger partial charge in [-0.3, -0.25) is 28.8 Å². The van der Waals surface area contributed by atoms with Crippen molar-refractivity contribution in [2.75, 3.05) is 13.2 Å². The molecule has 4 N–H and O–H groups in total. The Kier molecular flexibility index (Phi) is 20.9. The number of hydrogen-bond donors (Lipinski definition) is 4. The molecule has 6 fully saturated rings. The molecule has 0 bridgehead atoms. The highest BCUT2D eigenvalue weighted by Crippen LogP contribution is 2.66. The Morgan fingerprint density at radius 1 is 0.435 bits per heavy atom. The van der Waals surface area contributed by atoms with Gasteiger partial charge in [0.25, 0.3) is 0 Å². The van der Waals surface area contributed by atoms with Crippen molar-refractivity contribution >= 4 is 35.8 Å². The van der Waals surface area contributed by atoms with Gasteiger partial charge in [-0.25, -0.2) is 0 Å². The molecule has 0 aliphatic heterocycles. The van der Waals surface area contributed by atoms with Gasteiger partial charge in [0.2, 0.25) is 0 Å². The van der Waals surface area contributed by atoms with Crippen LogP contribution in [0.2, 0.25) is 0 Å². The summed E-state index contributed by atoms with van der Waals surface area (Å²) in [6.07, 6.45) is 8.04. The molecule has 18 heteroatoms.